The summed E-state index contributed by atoms with van der Waals surface area (Å²) in [7, 11) is 1.72. The molecule has 2 nitrogen and oxygen atoms in total. The van der Waals surface area contributed by atoms with Gasteiger partial charge in [0, 0.05) is 11.7 Å². The lowest BCUT2D eigenvalue weighted by molar-refractivity contribution is 0.411. The zero-order chi connectivity index (χ0) is 10.8. The van der Waals surface area contributed by atoms with Crippen LogP contribution in [-0.4, -0.2) is 13.2 Å². The van der Waals surface area contributed by atoms with Crippen LogP contribution in [0, 0.1) is 5.92 Å². The van der Waals surface area contributed by atoms with Crippen molar-refractivity contribution < 1.29 is 4.74 Å². The molecule has 1 N–H and O–H groups in total. The van der Waals surface area contributed by atoms with Crippen LogP contribution >= 0.6 is 0 Å². The number of rotatable bonds is 2. The van der Waals surface area contributed by atoms with Crippen LogP contribution in [0.4, 0.5) is 5.69 Å². The molecule has 0 amide bonds. The predicted octanol–water partition coefficient (Wildman–Crippen LogP) is 3.08. The van der Waals surface area contributed by atoms with Crippen LogP contribution in [0.25, 0.3) is 0 Å². The number of methoxy groups -OCH3 is 1. The van der Waals surface area contributed by atoms with Gasteiger partial charge < -0.3 is 10.1 Å². The van der Waals surface area contributed by atoms with E-state index < -0.39 is 0 Å². The fourth-order valence-electron chi connectivity index (χ4n) is 2.34. The summed E-state index contributed by atoms with van der Waals surface area (Å²) in [6, 6.07) is 6.91. The normalized spacial score (nSPS) is 24.2. The first-order valence-corrected chi connectivity index (χ1v) is 5.68. The molecular weight excluding hydrogens is 186 g/mol. The standard InChI is InChI=1S/C13H19NO/c1-4-12-9(2)7-10-8-11(15-3)5-6-13(10)14-12/h5-6,8-9,12,14H,4,7H2,1-3H3. The maximum atomic E-state index is 5.24. The van der Waals surface area contributed by atoms with Crippen molar-refractivity contribution >= 4 is 5.69 Å². The van der Waals surface area contributed by atoms with Crippen molar-refractivity contribution in [2.24, 2.45) is 5.92 Å². The summed E-state index contributed by atoms with van der Waals surface area (Å²) in [4.78, 5) is 0. The maximum absolute atomic E-state index is 5.24. The smallest absolute Gasteiger partial charge is 0.119 e. The van der Waals surface area contributed by atoms with Gasteiger partial charge >= 0.3 is 0 Å². The molecule has 15 heavy (non-hydrogen) atoms. The molecule has 2 atom stereocenters. The number of ether oxygens (including phenoxy) is 1. The second kappa shape index (κ2) is 4.13. The Morgan fingerprint density at radius 3 is 2.93 bits per heavy atom. The molecule has 0 radical (unpaired) electrons. The maximum Gasteiger partial charge on any atom is 0.119 e. The van der Waals surface area contributed by atoms with Crippen molar-refractivity contribution in [3.8, 4) is 5.75 Å². The predicted molar refractivity (Wildman–Crippen MR) is 63.6 cm³/mol. The van der Waals surface area contributed by atoms with Gasteiger partial charge in [-0.3, -0.25) is 0 Å². The highest BCUT2D eigenvalue weighted by Crippen LogP contribution is 2.31. The van der Waals surface area contributed by atoms with E-state index in [1.165, 1.54) is 17.7 Å². The van der Waals surface area contributed by atoms with E-state index in [1.54, 1.807) is 7.11 Å². The van der Waals surface area contributed by atoms with E-state index in [0.29, 0.717) is 12.0 Å². The summed E-state index contributed by atoms with van der Waals surface area (Å²) in [5.41, 5.74) is 2.66. The Hall–Kier alpha value is -1.18. The largest absolute Gasteiger partial charge is 0.497 e. The number of benzene rings is 1. The number of anilines is 1. The molecule has 82 valence electrons. The van der Waals surface area contributed by atoms with Crippen LogP contribution < -0.4 is 10.1 Å². The Bertz CT molecular complexity index is 348. The van der Waals surface area contributed by atoms with E-state index in [0.717, 1.165) is 12.2 Å². The second-order valence-corrected chi connectivity index (χ2v) is 4.36. The highest BCUT2D eigenvalue weighted by atomic mass is 16.5. The summed E-state index contributed by atoms with van der Waals surface area (Å²) in [5, 5.41) is 3.59. The van der Waals surface area contributed by atoms with Crippen LogP contribution in [-0.2, 0) is 6.42 Å². The minimum Gasteiger partial charge on any atom is -0.497 e. The van der Waals surface area contributed by atoms with Gasteiger partial charge in [0.25, 0.3) is 0 Å². The minimum atomic E-state index is 0.617. The Kier molecular flexibility index (Phi) is 2.85. The molecule has 0 aromatic heterocycles. The average molecular weight is 205 g/mol. The highest BCUT2D eigenvalue weighted by molar-refractivity contribution is 5.56. The van der Waals surface area contributed by atoms with Gasteiger partial charge in [0.1, 0.15) is 5.75 Å². The summed E-state index contributed by atoms with van der Waals surface area (Å²) < 4.78 is 5.24. The fraction of sp³-hybridized carbons (Fsp3) is 0.538. The molecule has 1 aliphatic heterocycles. The van der Waals surface area contributed by atoms with Gasteiger partial charge in [0.15, 0.2) is 0 Å². The molecule has 1 aromatic carbocycles. The monoisotopic (exact) mass is 205 g/mol. The number of nitrogens with one attached hydrogen (secondary N) is 1. The molecule has 2 unspecified atom stereocenters. The zero-order valence-corrected chi connectivity index (χ0v) is 9.71. The second-order valence-electron chi connectivity index (χ2n) is 4.36. The van der Waals surface area contributed by atoms with Crippen molar-refractivity contribution in [2.45, 2.75) is 32.7 Å². The molecule has 0 saturated carbocycles. The fourth-order valence-corrected chi connectivity index (χ4v) is 2.34. The van der Waals surface area contributed by atoms with E-state index in [2.05, 4.69) is 31.3 Å². The summed E-state index contributed by atoms with van der Waals surface area (Å²) in [5.74, 6) is 1.66. The van der Waals surface area contributed by atoms with Gasteiger partial charge in [-0.2, -0.15) is 0 Å². The molecule has 0 spiro atoms. The summed E-state index contributed by atoms with van der Waals surface area (Å²) in [6.45, 7) is 4.55. The van der Waals surface area contributed by atoms with E-state index in [4.69, 9.17) is 4.74 Å². The first kappa shape index (κ1) is 10.3. The first-order valence-electron chi connectivity index (χ1n) is 5.68. The van der Waals surface area contributed by atoms with Crippen LogP contribution in [0.5, 0.6) is 5.75 Å². The van der Waals surface area contributed by atoms with Gasteiger partial charge in [-0.25, -0.2) is 0 Å². The average Bonchev–Trinajstić information content (AvgIpc) is 2.27. The van der Waals surface area contributed by atoms with Gasteiger partial charge in [-0.15, -0.1) is 0 Å². The van der Waals surface area contributed by atoms with Crippen molar-refractivity contribution in [1.82, 2.24) is 0 Å². The van der Waals surface area contributed by atoms with E-state index in [9.17, 15) is 0 Å². The lowest BCUT2D eigenvalue weighted by Crippen LogP contribution is -2.32. The Balaban J connectivity index is 2.28. The lowest BCUT2D eigenvalue weighted by atomic mass is 9.87. The first-order chi connectivity index (χ1) is 7.24. The molecule has 0 saturated heterocycles. The number of fused-ring (bicyclic) bond motifs is 1. The number of hydrogen-bond donors (Lipinski definition) is 1. The van der Waals surface area contributed by atoms with Crippen molar-refractivity contribution in [1.29, 1.82) is 0 Å². The third kappa shape index (κ3) is 1.94. The molecule has 0 bridgehead atoms. The topological polar surface area (TPSA) is 21.3 Å². The van der Waals surface area contributed by atoms with E-state index in [1.807, 2.05) is 6.07 Å². The van der Waals surface area contributed by atoms with Gasteiger partial charge in [0.05, 0.1) is 7.11 Å². The molecule has 2 rings (SSSR count). The summed E-state index contributed by atoms with van der Waals surface area (Å²) >= 11 is 0. The van der Waals surface area contributed by atoms with Gasteiger partial charge in [-0.1, -0.05) is 13.8 Å². The molecule has 1 heterocycles. The van der Waals surface area contributed by atoms with E-state index in [-0.39, 0.29) is 0 Å². The SMILES string of the molecule is CCC1Nc2ccc(OC)cc2CC1C. The Morgan fingerprint density at radius 1 is 1.47 bits per heavy atom. The Labute approximate surface area is 91.6 Å². The van der Waals surface area contributed by atoms with Gasteiger partial charge in [-0.05, 0) is 42.5 Å². The highest BCUT2D eigenvalue weighted by Gasteiger charge is 2.23. The van der Waals surface area contributed by atoms with Crippen molar-refractivity contribution in [3.63, 3.8) is 0 Å². The summed E-state index contributed by atoms with van der Waals surface area (Å²) in [6.07, 6.45) is 2.34. The molecule has 1 aromatic rings. The van der Waals surface area contributed by atoms with Crippen molar-refractivity contribution in [3.05, 3.63) is 23.8 Å². The van der Waals surface area contributed by atoms with Crippen LogP contribution in [0.2, 0.25) is 0 Å². The van der Waals surface area contributed by atoms with Crippen LogP contribution in [0.15, 0.2) is 18.2 Å². The molecular formula is C13H19NO. The van der Waals surface area contributed by atoms with E-state index >= 15 is 0 Å². The minimum absolute atomic E-state index is 0.617. The molecule has 0 aliphatic carbocycles. The van der Waals surface area contributed by atoms with Crippen LogP contribution in [0.3, 0.4) is 0 Å². The zero-order valence-electron chi connectivity index (χ0n) is 9.71. The number of hydrogen-bond acceptors (Lipinski definition) is 2. The van der Waals surface area contributed by atoms with Crippen molar-refractivity contribution in [2.75, 3.05) is 12.4 Å². The Morgan fingerprint density at radius 2 is 2.27 bits per heavy atom. The van der Waals surface area contributed by atoms with Crippen LogP contribution in [0.1, 0.15) is 25.8 Å². The third-order valence-electron chi connectivity index (χ3n) is 3.32. The lowest BCUT2D eigenvalue weighted by Gasteiger charge is -2.32. The quantitative estimate of drug-likeness (QED) is 0.801. The molecule has 2 heteroatoms. The molecule has 1 aliphatic rings. The van der Waals surface area contributed by atoms with Gasteiger partial charge in [0.2, 0.25) is 0 Å². The third-order valence-corrected chi connectivity index (χ3v) is 3.32. The molecule has 0 fully saturated rings.